The maximum Gasteiger partial charge on any atom is 0.335 e. The topological polar surface area (TPSA) is 85.0 Å². The predicted octanol–water partition coefficient (Wildman–Crippen LogP) is 1.46. The van der Waals surface area contributed by atoms with Gasteiger partial charge in [0.05, 0.1) is 17.9 Å². The van der Waals surface area contributed by atoms with Crippen molar-refractivity contribution in [3.63, 3.8) is 0 Å². The standard InChI is InChI=1S/C15H22N2O4/c1-10(2)17-5-6-20-12(8-17)9-21-14-4-3-11(15(18)19)7-13(14)16/h3-4,7,10,12H,5-6,8-9,16H2,1-2H3,(H,18,19). The van der Waals surface area contributed by atoms with Crippen molar-refractivity contribution in [1.29, 1.82) is 0 Å². The van der Waals surface area contributed by atoms with Crippen LogP contribution in [0.25, 0.3) is 0 Å². The van der Waals surface area contributed by atoms with E-state index in [1.54, 1.807) is 6.07 Å². The number of carbonyl (C=O) groups is 1. The van der Waals surface area contributed by atoms with Crippen LogP contribution in [0.3, 0.4) is 0 Å². The highest BCUT2D eigenvalue weighted by atomic mass is 16.5. The zero-order chi connectivity index (χ0) is 15.4. The molecule has 1 aromatic carbocycles. The summed E-state index contributed by atoms with van der Waals surface area (Å²) in [6, 6.07) is 4.95. The van der Waals surface area contributed by atoms with Crippen molar-refractivity contribution in [3.8, 4) is 5.75 Å². The van der Waals surface area contributed by atoms with Crippen LogP contribution in [0.4, 0.5) is 5.69 Å². The highest BCUT2D eigenvalue weighted by Crippen LogP contribution is 2.23. The molecule has 1 aliphatic heterocycles. The summed E-state index contributed by atoms with van der Waals surface area (Å²) in [4.78, 5) is 13.2. The summed E-state index contributed by atoms with van der Waals surface area (Å²) in [6.07, 6.45) is -0.000278. The molecule has 1 atom stereocenters. The minimum absolute atomic E-state index is 0.000278. The van der Waals surface area contributed by atoms with Crippen molar-refractivity contribution in [2.75, 3.05) is 32.0 Å². The largest absolute Gasteiger partial charge is 0.489 e. The number of rotatable bonds is 5. The van der Waals surface area contributed by atoms with Crippen LogP contribution in [0.5, 0.6) is 5.75 Å². The van der Waals surface area contributed by atoms with Crippen molar-refractivity contribution in [2.24, 2.45) is 0 Å². The number of nitrogen functional groups attached to an aromatic ring is 1. The maximum absolute atomic E-state index is 10.8. The average molecular weight is 294 g/mol. The Kier molecular flexibility index (Phi) is 5.03. The van der Waals surface area contributed by atoms with Crippen molar-refractivity contribution >= 4 is 11.7 Å². The zero-order valence-corrected chi connectivity index (χ0v) is 12.4. The number of nitrogens with zero attached hydrogens (tertiary/aromatic N) is 1. The van der Waals surface area contributed by atoms with Gasteiger partial charge in [-0.1, -0.05) is 0 Å². The number of aromatic carboxylic acids is 1. The molecule has 6 nitrogen and oxygen atoms in total. The fraction of sp³-hybridized carbons (Fsp3) is 0.533. The Bertz CT molecular complexity index is 504. The Balaban J connectivity index is 1.92. The van der Waals surface area contributed by atoms with E-state index in [0.717, 1.165) is 13.1 Å². The molecule has 3 N–H and O–H groups in total. The third-order valence-electron chi connectivity index (χ3n) is 3.58. The summed E-state index contributed by atoms with van der Waals surface area (Å²) in [5.41, 5.74) is 6.29. The van der Waals surface area contributed by atoms with E-state index in [4.69, 9.17) is 20.3 Å². The van der Waals surface area contributed by atoms with E-state index < -0.39 is 5.97 Å². The highest BCUT2D eigenvalue weighted by Gasteiger charge is 2.23. The first-order chi connectivity index (χ1) is 9.97. The second-order valence-corrected chi connectivity index (χ2v) is 5.45. The van der Waals surface area contributed by atoms with Crippen LogP contribution in [-0.2, 0) is 4.74 Å². The summed E-state index contributed by atoms with van der Waals surface area (Å²) in [5, 5.41) is 8.89. The van der Waals surface area contributed by atoms with Gasteiger partial charge in [0.2, 0.25) is 0 Å². The molecular formula is C15H22N2O4. The minimum atomic E-state index is -1.00. The molecule has 0 radical (unpaired) electrons. The van der Waals surface area contributed by atoms with Crippen LogP contribution in [-0.4, -0.2) is 54.4 Å². The summed E-state index contributed by atoms with van der Waals surface area (Å²) in [7, 11) is 0. The predicted molar refractivity (Wildman–Crippen MR) is 79.8 cm³/mol. The van der Waals surface area contributed by atoms with Gasteiger partial charge in [0.25, 0.3) is 0 Å². The molecule has 1 aromatic rings. The molecule has 0 aliphatic carbocycles. The van der Waals surface area contributed by atoms with E-state index >= 15 is 0 Å². The Morgan fingerprint density at radius 3 is 2.95 bits per heavy atom. The molecule has 1 fully saturated rings. The monoisotopic (exact) mass is 294 g/mol. The number of hydrogen-bond acceptors (Lipinski definition) is 5. The first-order valence-electron chi connectivity index (χ1n) is 7.08. The number of ether oxygens (including phenoxy) is 2. The number of carboxylic acids is 1. The van der Waals surface area contributed by atoms with Gasteiger partial charge in [-0.15, -0.1) is 0 Å². The number of carboxylic acid groups (broad SMARTS) is 1. The Hall–Kier alpha value is -1.79. The third kappa shape index (κ3) is 4.09. The summed E-state index contributed by atoms with van der Waals surface area (Å²) in [5.74, 6) is -0.512. The van der Waals surface area contributed by atoms with Crippen molar-refractivity contribution in [3.05, 3.63) is 23.8 Å². The molecule has 21 heavy (non-hydrogen) atoms. The molecule has 116 valence electrons. The molecule has 0 amide bonds. The average Bonchev–Trinajstić information content (AvgIpc) is 2.46. The van der Waals surface area contributed by atoms with Gasteiger partial charge in [0, 0.05) is 19.1 Å². The summed E-state index contributed by atoms with van der Waals surface area (Å²) < 4.78 is 11.3. The maximum atomic E-state index is 10.8. The van der Waals surface area contributed by atoms with Crippen LogP contribution in [0, 0.1) is 0 Å². The van der Waals surface area contributed by atoms with Crippen LogP contribution in [0.1, 0.15) is 24.2 Å². The van der Waals surface area contributed by atoms with Gasteiger partial charge in [-0.25, -0.2) is 4.79 Å². The van der Waals surface area contributed by atoms with Crippen LogP contribution < -0.4 is 10.5 Å². The van der Waals surface area contributed by atoms with Gasteiger partial charge in [0.15, 0.2) is 0 Å². The van der Waals surface area contributed by atoms with Crippen molar-refractivity contribution in [1.82, 2.24) is 4.90 Å². The second kappa shape index (κ2) is 6.78. The summed E-state index contributed by atoms with van der Waals surface area (Å²) in [6.45, 7) is 7.17. The fourth-order valence-electron chi connectivity index (χ4n) is 2.31. The zero-order valence-electron chi connectivity index (χ0n) is 12.4. The molecule has 0 saturated carbocycles. The highest BCUT2D eigenvalue weighted by molar-refractivity contribution is 5.89. The molecule has 1 aliphatic rings. The molecule has 1 saturated heterocycles. The first-order valence-corrected chi connectivity index (χ1v) is 7.08. The fourth-order valence-corrected chi connectivity index (χ4v) is 2.31. The van der Waals surface area contributed by atoms with Gasteiger partial charge in [0.1, 0.15) is 18.5 Å². The third-order valence-corrected chi connectivity index (χ3v) is 3.58. The van der Waals surface area contributed by atoms with E-state index in [-0.39, 0.29) is 11.7 Å². The first kappa shape index (κ1) is 15.6. The number of morpholine rings is 1. The van der Waals surface area contributed by atoms with Crippen LogP contribution >= 0.6 is 0 Å². The molecule has 1 unspecified atom stereocenters. The Labute approximate surface area is 124 Å². The van der Waals surface area contributed by atoms with E-state index in [1.807, 2.05) is 0 Å². The number of benzene rings is 1. The van der Waals surface area contributed by atoms with E-state index in [9.17, 15) is 4.79 Å². The summed E-state index contributed by atoms with van der Waals surface area (Å²) >= 11 is 0. The lowest BCUT2D eigenvalue weighted by Gasteiger charge is -2.35. The normalized spacial score (nSPS) is 19.7. The lowest BCUT2D eigenvalue weighted by atomic mass is 10.2. The van der Waals surface area contributed by atoms with Crippen LogP contribution in [0.15, 0.2) is 18.2 Å². The molecule has 6 heteroatoms. The minimum Gasteiger partial charge on any atom is -0.489 e. The number of anilines is 1. The lowest BCUT2D eigenvalue weighted by molar-refractivity contribution is -0.0563. The van der Waals surface area contributed by atoms with Gasteiger partial charge in [-0.3, -0.25) is 4.90 Å². The van der Waals surface area contributed by atoms with Gasteiger partial charge < -0.3 is 20.3 Å². The lowest BCUT2D eigenvalue weighted by Crippen LogP contribution is -2.47. The molecule has 0 bridgehead atoms. The van der Waals surface area contributed by atoms with Gasteiger partial charge in [-0.05, 0) is 32.0 Å². The SMILES string of the molecule is CC(C)N1CCOC(COc2ccc(C(=O)O)cc2N)C1. The Morgan fingerprint density at radius 2 is 2.33 bits per heavy atom. The molecule has 0 spiro atoms. The smallest absolute Gasteiger partial charge is 0.335 e. The second-order valence-electron chi connectivity index (χ2n) is 5.45. The van der Waals surface area contributed by atoms with Crippen molar-refractivity contribution < 1.29 is 19.4 Å². The van der Waals surface area contributed by atoms with Crippen LogP contribution in [0.2, 0.25) is 0 Å². The quantitative estimate of drug-likeness (QED) is 0.800. The van der Waals surface area contributed by atoms with Crippen molar-refractivity contribution in [2.45, 2.75) is 26.0 Å². The molecule has 1 heterocycles. The Morgan fingerprint density at radius 1 is 1.57 bits per heavy atom. The molecule has 0 aromatic heterocycles. The van der Waals surface area contributed by atoms with Gasteiger partial charge in [-0.2, -0.15) is 0 Å². The number of nitrogens with two attached hydrogens (primary N) is 1. The van der Waals surface area contributed by atoms with E-state index in [2.05, 4.69) is 18.7 Å². The number of hydrogen-bond donors (Lipinski definition) is 2. The van der Waals surface area contributed by atoms with Gasteiger partial charge >= 0.3 is 5.97 Å². The van der Waals surface area contributed by atoms with E-state index in [0.29, 0.717) is 30.7 Å². The molecule has 2 rings (SSSR count). The van der Waals surface area contributed by atoms with E-state index in [1.165, 1.54) is 12.1 Å². The molecular weight excluding hydrogens is 272 g/mol.